The van der Waals surface area contributed by atoms with Crippen LogP contribution in [0.25, 0.3) is 0 Å². The third-order valence-corrected chi connectivity index (χ3v) is 2.72. The Bertz CT molecular complexity index is 520. The Morgan fingerprint density at radius 3 is 2.50 bits per heavy atom. The minimum atomic E-state index is 0.534. The first-order chi connectivity index (χ1) is 8.74. The molecule has 0 atom stereocenters. The Labute approximate surface area is 106 Å². The third kappa shape index (κ3) is 2.61. The topological polar surface area (TPSA) is 81.4 Å². The summed E-state index contributed by atoms with van der Waals surface area (Å²) in [5, 5.41) is 19.1. The van der Waals surface area contributed by atoms with Gasteiger partial charge in [-0.3, -0.25) is 0 Å². The van der Waals surface area contributed by atoms with E-state index >= 15 is 0 Å². The van der Waals surface area contributed by atoms with Crippen molar-refractivity contribution in [3.8, 4) is 0 Å². The van der Waals surface area contributed by atoms with Gasteiger partial charge in [-0.05, 0) is 12.8 Å². The molecule has 2 heterocycles. The van der Waals surface area contributed by atoms with E-state index in [0.29, 0.717) is 12.5 Å². The second-order valence-electron chi connectivity index (χ2n) is 3.95. The van der Waals surface area contributed by atoms with Crippen LogP contribution < -0.4 is 5.32 Å². The lowest BCUT2D eigenvalue weighted by Crippen LogP contribution is -2.11. The predicted molar refractivity (Wildman–Crippen MR) is 66.9 cm³/mol. The number of nitrogens with one attached hydrogen (secondary N) is 1. The second kappa shape index (κ2) is 5.52. The lowest BCUT2D eigenvalue weighted by Gasteiger charge is -2.07. The van der Waals surface area contributed by atoms with Crippen LogP contribution in [0, 0.1) is 0 Å². The van der Waals surface area contributed by atoms with Crippen LogP contribution in [0.2, 0.25) is 0 Å². The van der Waals surface area contributed by atoms with Crippen molar-refractivity contribution in [3.05, 3.63) is 23.5 Å². The summed E-state index contributed by atoms with van der Waals surface area (Å²) < 4.78 is 1.85. The Morgan fingerprint density at radius 2 is 1.89 bits per heavy atom. The standard InChI is InChI=1S/C11H17N7/c1-4-8-9(5-2)15-17-11(14-8)12-6-10-16-13-7-18(10)3/h7H,4-6H2,1-3H3,(H,12,14,17). The van der Waals surface area contributed by atoms with Gasteiger partial charge in [-0.25, -0.2) is 4.98 Å². The molecule has 0 saturated heterocycles. The number of hydrogen-bond acceptors (Lipinski definition) is 6. The molecular formula is C11H17N7. The highest BCUT2D eigenvalue weighted by molar-refractivity contribution is 5.26. The fraction of sp³-hybridized carbons (Fsp3) is 0.545. The maximum absolute atomic E-state index is 4.45. The molecule has 0 aliphatic carbocycles. The fourth-order valence-corrected chi connectivity index (χ4v) is 1.64. The van der Waals surface area contributed by atoms with Crippen LogP contribution in [-0.4, -0.2) is 29.9 Å². The van der Waals surface area contributed by atoms with E-state index in [4.69, 9.17) is 0 Å². The summed E-state index contributed by atoms with van der Waals surface area (Å²) in [6.07, 6.45) is 3.37. The minimum absolute atomic E-state index is 0.534. The van der Waals surface area contributed by atoms with Gasteiger partial charge in [-0.15, -0.1) is 15.3 Å². The van der Waals surface area contributed by atoms with Crippen LogP contribution in [0.5, 0.6) is 0 Å². The monoisotopic (exact) mass is 247 g/mol. The molecule has 0 radical (unpaired) electrons. The van der Waals surface area contributed by atoms with Gasteiger partial charge in [-0.1, -0.05) is 13.8 Å². The van der Waals surface area contributed by atoms with E-state index in [-0.39, 0.29) is 0 Å². The van der Waals surface area contributed by atoms with E-state index in [0.717, 1.165) is 30.1 Å². The van der Waals surface area contributed by atoms with Crippen LogP contribution >= 0.6 is 0 Å². The highest BCUT2D eigenvalue weighted by atomic mass is 15.3. The zero-order chi connectivity index (χ0) is 13.0. The number of aryl methyl sites for hydroxylation is 3. The van der Waals surface area contributed by atoms with Crippen LogP contribution in [0.4, 0.5) is 5.95 Å². The lowest BCUT2D eigenvalue weighted by molar-refractivity contribution is 0.785. The molecule has 0 unspecified atom stereocenters. The van der Waals surface area contributed by atoms with Gasteiger partial charge in [0.2, 0.25) is 5.95 Å². The zero-order valence-electron chi connectivity index (χ0n) is 10.9. The van der Waals surface area contributed by atoms with Gasteiger partial charge in [0.1, 0.15) is 6.33 Å². The van der Waals surface area contributed by atoms with Gasteiger partial charge in [0.25, 0.3) is 0 Å². The summed E-state index contributed by atoms with van der Waals surface area (Å²) in [4.78, 5) is 4.45. The van der Waals surface area contributed by atoms with Gasteiger partial charge in [0, 0.05) is 7.05 Å². The van der Waals surface area contributed by atoms with E-state index in [1.54, 1.807) is 6.33 Å². The van der Waals surface area contributed by atoms with Crippen LogP contribution in [0.15, 0.2) is 6.33 Å². The van der Waals surface area contributed by atoms with Crippen molar-refractivity contribution in [1.29, 1.82) is 0 Å². The number of aromatic nitrogens is 6. The first kappa shape index (κ1) is 12.4. The first-order valence-corrected chi connectivity index (χ1v) is 6.03. The summed E-state index contributed by atoms with van der Waals surface area (Å²) in [6.45, 7) is 4.65. The lowest BCUT2D eigenvalue weighted by atomic mass is 10.2. The molecule has 0 bridgehead atoms. The SMILES string of the molecule is CCc1nnc(NCc2nncn2C)nc1CC. The molecule has 0 amide bonds. The summed E-state index contributed by atoms with van der Waals surface area (Å²) in [6, 6.07) is 0. The number of nitrogens with zero attached hydrogens (tertiary/aromatic N) is 6. The molecule has 0 aliphatic rings. The molecule has 7 nitrogen and oxygen atoms in total. The van der Waals surface area contributed by atoms with E-state index < -0.39 is 0 Å². The van der Waals surface area contributed by atoms with Crippen molar-refractivity contribution >= 4 is 5.95 Å². The number of rotatable bonds is 5. The maximum atomic E-state index is 4.45. The zero-order valence-corrected chi connectivity index (χ0v) is 10.9. The smallest absolute Gasteiger partial charge is 0.243 e. The minimum Gasteiger partial charge on any atom is -0.346 e. The number of anilines is 1. The third-order valence-electron chi connectivity index (χ3n) is 2.72. The molecular weight excluding hydrogens is 230 g/mol. The van der Waals surface area contributed by atoms with E-state index in [9.17, 15) is 0 Å². The fourth-order valence-electron chi connectivity index (χ4n) is 1.64. The molecule has 0 aliphatic heterocycles. The molecule has 1 N–H and O–H groups in total. The number of hydrogen-bond donors (Lipinski definition) is 1. The Morgan fingerprint density at radius 1 is 1.11 bits per heavy atom. The van der Waals surface area contributed by atoms with Crippen LogP contribution in [-0.2, 0) is 26.4 Å². The molecule has 0 saturated carbocycles. The van der Waals surface area contributed by atoms with Gasteiger partial charge >= 0.3 is 0 Å². The molecule has 18 heavy (non-hydrogen) atoms. The largest absolute Gasteiger partial charge is 0.346 e. The normalized spacial score (nSPS) is 10.6. The summed E-state index contributed by atoms with van der Waals surface area (Å²) in [5.41, 5.74) is 1.95. The Balaban J connectivity index is 2.08. The molecule has 96 valence electrons. The molecule has 7 heteroatoms. The molecule has 2 rings (SSSR count). The van der Waals surface area contributed by atoms with Crippen molar-refractivity contribution in [2.75, 3.05) is 5.32 Å². The summed E-state index contributed by atoms with van der Waals surface area (Å²) in [5.74, 6) is 1.36. The van der Waals surface area contributed by atoms with E-state index in [2.05, 4.69) is 44.5 Å². The summed E-state index contributed by atoms with van der Waals surface area (Å²) >= 11 is 0. The van der Waals surface area contributed by atoms with Crippen LogP contribution in [0.3, 0.4) is 0 Å². The summed E-state index contributed by atoms with van der Waals surface area (Å²) in [7, 11) is 1.90. The average molecular weight is 247 g/mol. The van der Waals surface area contributed by atoms with Crippen molar-refractivity contribution in [1.82, 2.24) is 29.9 Å². The Hall–Kier alpha value is -2.05. The van der Waals surface area contributed by atoms with E-state index in [1.165, 1.54) is 0 Å². The maximum Gasteiger partial charge on any atom is 0.243 e. The first-order valence-electron chi connectivity index (χ1n) is 6.03. The van der Waals surface area contributed by atoms with E-state index in [1.807, 2.05) is 11.6 Å². The molecule has 2 aromatic heterocycles. The van der Waals surface area contributed by atoms with Crippen molar-refractivity contribution < 1.29 is 0 Å². The molecule has 0 fully saturated rings. The molecule has 0 aromatic carbocycles. The highest BCUT2D eigenvalue weighted by Crippen LogP contribution is 2.07. The predicted octanol–water partition coefficient (Wildman–Crippen LogP) is 0.737. The van der Waals surface area contributed by atoms with Crippen LogP contribution in [0.1, 0.15) is 31.1 Å². The van der Waals surface area contributed by atoms with Crippen molar-refractivity contribution in [2.24, 2.45) is 7.05 Å². The second-order valence-corrected chi connectivity index (χ2v) is 3.95. The highest BCUT2D eigenvalue weighted by Gasteiger charge is 2.07. The van der Waals surface area contributed by atoms with Gasteiger partial charge in [0.15, 0.2) is 5.82 Å². The van der Waals surface area contributed by atoms with Crippen molar-refractivity contribution in [2.45, 2.75) is 33.2 Å². The van der Waals surface area contributed by atoms with Gasteiger partial charge in [-0.2, -0.15) is 5.10 Å². The van der Waals surface area contributed by atoms with Gasteiger partial charge in [0.05, 0.1) is 17.9 Å². The van der Waals surface area contributed by atoms with Crippen molar-refractivity contribution in [3.63, 3.8) is 0 Å². The Kier molecular flexibility index (Phi) is 3.81. The average Bonchev–Trinajstić information content (AvgIpc) is 2.81. The van der Waals surface area contributed by atoms with Gasteiger partial charge < -0.3 is 9.88 Å². The molecule has 0 spiro atoms. The molecule has 2 aromatic rings. The quantitative estimate of drug-likeness (QED) is 0.839.